The summed E-state index contributed by atoms with van der Waals surface area (Å²) >= 11 is 0. The van der Waals surface area contributed by atoms with Crippen LogP contribution in [0.5, 0.6) is 0 Å². The van der Waals surface area contributed by atoms with Gasteiger partial charge in [0.25, 0.3) is 5.91 Å². The van der Waals surface area contributed by atoms with Crippen molar-refractivity contribution in [1.29, 1.82) is 0 Å². The predicted molar refractivity (Wildman–Crippen MR) is 116 cm³/mol. The monoisotopic (exact) mass is 408 g/mol. The minimum absolute atomic E-state index is 0.105. The zero-order chi connectivity index (χ0) is 21.2. The highest BCUT2D eigenvalue weighted by molar-refractivity contribution is 5.94. The molecule has 2 heterocycles. The summed E-state index contributed by atoms with van der Waals surface area (Å²) in [5.41, 5.74) is 2.87. The first-order chi connectivity index (χ1) is 14.3. The second-order valence-electron chi connectivity index (χ2n) is 9.70. The van der Waals surface area contributed by atoms with Crippen LogP contribution in [0, 0.1) is 5.41 Å². The number of hydrogen-bond donors (Lipinski definition) is 2. The number of aromatic nitrogens is 2. The first-order valence-corrected chi connectivity index (χ1v) is 10.9. The van der Waals surface area contributed by atoms with Gasteiger partial charge in [-0.25, -0.2) is 9.97 Å². The van der Waals surface area contributed by atoms with Crippen molar-refractivity contribution in [3.63, 3.8) is 0 Å². The Morgan fingerprint density at radius 3 is 2.77 bits per heavy atom. The van der Waals surface area contributed by atoms with Crippen LogP contribution in [0.15, 0.2) is 36.7 Å². The number of fused-ring (bicyclic) bond motifs is 1. The Kier molecular flexibility index (Phi) is 5.89. The normalized spacial score (nSPS) is 23.6. The van der Waals surface area contributed by atoms with E-state index in [0.29, 0.717) is 18.7 Å². The van der Waals surface area contributed by atoms with E-state index in [1.807, 2.05) is 6.07 Å². The molecule has 1 saturated carbocycles. The average molecular weight is 409 g/mol. The van der Waals surface area contributed by atoms with E-state index < -0.39 is 5.60 Å². The highest BCUT2D eigenvalue weighted by Gasteiger charge is 2.38. The molecule has 4 rings (SSSR count). The molecule has 1 aliphatic heterocycles. The van der Waals surface area contributed by atoms with Gasteiger partial charge in [-0.2, -0.15) is 0 Å². The average Bonchev–Trinajstić information content (AvgIpc) is 2.71. The first kappa shape index (κ1) is 20.9. The van der Waals surface area contributed by atoms with Crippen LogP contribution in [0.25, 0.3) is 0 Å². The SMILES string of the molecule is CC1(C)CCCC(O)(CNC(=O)c2ncnc3c2CCN(Cc2ccccc2)C3)C1. The van der Waals surface area contributed by atoms with Crippen molar-refractivity contribution in [2.24, 2.45) is 5.41 Å². The van der Waals surface area contributed by atoms with Gasteiger partial charge in [-0.15, -0.1) is 0 Å². The largest absolute Gasteiger partial charge is 0.388 e. The molecule has 2 aliphatic rings. The van der Waals surface area contributed by atoms with Gasteiger partial charge in [0.1, 0.15) is 12.0 Å². The van der Waals surface area contributed by atoms with Crippen molar-refractivity contribution in [1.82, 2.24) is 20.2 Å². The van der Waals surface area contributed by atoms with Crippen molar-refractivity contribution < 1.29 is 9.90 Å². The third-order valence-electron chi connectivity index (χ3n) is 6.43. The molecule has 6 heteroatoms. The van der Waals surface area contributed by atoms with Gasteiger partial charge < -0.3 is 10.4 Å². The fourth-order valence-electron chi connectivity index (χ4n) is 5.02. The number of carbonyl (C=O) groups is 1. The number of benzene rings is 1. The molecule has 30 heavy (non-hydrogen) atoms. The summed E-state index contributed by atoms with van der Waals surface area (Å²) in [5.74, 6) is -0.207. The molecule has 2 N–H and O–H groups in total. The van der Waals surface area contributed by atoms with Gasteiger partial charge in [0.15, 0.2) is 0 Å². The third kappa shape index (κ3) is 4.87. The van der Waals surface area contributed by atoms with Crippen LogP contribution < -0.4 is 5.32 Å². The molecule has 1 aliphatic carbocycles. The van der Waals surface area contributed by atoms with E-state index in [1.54, 1.807) is 0 Å². The van der Waals surface area contributed by atoms with Crippen LogP contribution in [-0.2, 0) is 19.5 Å². The summed E-state index contributed by atoms with van der Waals surface area (Å²) in [4.78, 5) is 24.0. The van der Waals surface area contributed by atoms with Crippen molar-refractivity contribution in [2.75, 3.05) is 13.1 Å². The second kappa shape index (κ2) is 8.44. The Morgan fingerprint density at radius 1 is 1.20 bits per heavy atom. The summed E-state index contributed by atoms with van der Waals surface area (Å²) in [5, 5.41) is 13.9. The summed E-state index contributed by atoms with van der Waals surface area (Å²) in [6.45, 7) is 7.09. The van der Waals surface area contributed by atoms with Crippen LogP contribution in [-0.4, -0.2) is 44.6 Å². The Balaban J connectivity index is 1.41. The standard InChI is InChI=1S/C24H32N4O2/c1-23(2)10-6-11-24(30,15-23)16-25-22(29)21-19-9-12-28(14-20(19)26-17-27-21)13-18-7-4-3-5-8-18/h3-5,7-8,17,30H,6,9-16H2,1-2H3,(H,25,29). The third-order valence-corrected chi connectivity index (χ3v) is 6.43. The zero-order valence-electron chi connectivity index (χ0n) is 18.0. The van der Waals surface area contributed by atoms with Crippen molar-refractivity contribution >= 4 is 5.91 Å². The van der Waals surface area contributed by atoms with E-state index in [1.165, 1.54) is 11.9 Å². The van der Waals surface area contributed by atoms with Crippen LogP contribution >= 0.6 is 0 Å². The Labute approximate surface area is 178 Å². The molecule has 1 aromatic heterocycles. The molecular weight excluding hydrogens is 376 g/mol. The van der Waals surface area contributed by atoms with Crippen LogP contribution in [0.4, 0.5) is 0 Å². The topological polar surface area (TPSA) is 78.3 Å². The van der Waals surface area contributed by atoms with E-state index in [2.05, 4.69) is 58.3 Å². The summed E-state index contributed by atoms with van der Waals surface area (Å²) < 4.78 is 0. The van der Waals surface area contributed by atoms with Crippen molar-refractivity contribution in [3.8, 4) is 0 Å². The maximum Gasteiger partial charge on any atom is 0.270 e. The molecule has 0 bridgehead atoms. The number of aliphatic hydroxyl groups is 1. The van der Waals surface area contributed by atoms with Gasteiger partial charge >= 0.3 is 0 Å². The molecule has 2 aromatic rings. The summed E-state index contributed by atoms with van der Waals surface area (Å²) in [7, 11) is 0. The molecule has 0 radical (unpaired) electrons. The molecule has 160 valence electrons. The summed E-state index contributed by atoms with van der Waals surface area (Å²) in [6.07, 6.45) is 5.77. The second-order valence-corrected chi connectivity index (χ2v) is 9.70. The molecule has 1 atom stereocenters. The van der Waals surface area contributed by atoms with Gasteiger partial charge in [0.05, 0.1) is 11.3 Å². The molecule has 1 fully saturated rings. The number of amides is 1. The molecule has 1 amide bonds. The van der Waals surface area contributed by atoms with E-state index in [4.69, 9.17) is 0 Å². The smallest absolute Gasteiger partial charge is 0.270 e. The minimum atomic E-state index is -0.836. The zero-order valence-corrected chi connectivity index (χ0v) is 18.0. The number of hydrogen-bond acceptors (Lipinski definition) is 5. The quantitative estimate of drug-likeness (QED) is 0.795. The molecule has 6 nitrogen and oxygen atoms in total. The molecular formula is C24H32N4O2. The fraction of sp³-hybridized carbons (Fsp3) is 0.542. The Morgan fingerprint density at radius 2 is 2.00 bits per heavy atom. The van der Waals surface area contributed by atoms with E-state index >= 15 is 0 Å². The molecule has 1 unspecified atom stereocenters. The van der Waals surface area contributed by atoms with Gasteiger partial charge in [-0.05, 0) is 43.1 Å². The number of nitrogens with one attached hydrogen (secondary N) is 1. The predicted octanol–water partition coefficient (Wildman–Crippen LogP) is 3.10. The first-order valence-electron chi connectivity index (χ1n) is 10.9. The highest BCUT2D eigenvalue weighted by atomic mass is 16.3. The van der Waals surface area contributed by atoms with E-state index in [0.717, 1.165) is 50.0 Å². The van der Waals surface area contributed by atoms with Gasteiger partial charge in [-0.3, -0.25) is 9.69 Å². The van der Waals surface area contributed by atoms with Crippen LogP contribution in [0.1, 0.15) is 66.8 Å². The van der Waals surface area contributed by atoms with E-state index in [9.17, 15) is 9.90 Å². The summed E-state index contributed by atoms with van der Waals surface area (Å²) in [6, 6.07) is 10.4. The van der Waals surface area contributed by atoms with Gasteiger partial charge in [0, 0.05) is 31.7 Å². The maximum atomic E-state index is 12.9. The van der Waals surface area contributed by atoms with Crippen LogP contribution in [0.2, 0.25) is 0 Å². The number of nitrogens with zero attached hydrogens (tertiary/aromatic N) is 3. The van der Waals surface area contributed by atoms with Gasteiger partial charge in [-0.1, -0.05) is 44.2 Å². The van der Waals surface area contributed by atoms with Crippen molar-refractivity contribution in [2.45, 2.75) is 64.6 Å². The maximum absolute atomic E-state index is 12.9. The Bertz CT molecular complexity index is 899. The van der Waals surface area contributed by atoms with E-state index in [-0.39, 0.29) is 17.9 Å². The lowest BCUT2D eigenvalue weighted by Crippen LogP contribution is -2.48. The lowest BCUT2D eigenvalue weighted by Gasteiger charge is -2.41. The molecule has 0 saturated heterocycles. The fourth-order valence-corrected chi connectivity index (χ4v) is 5.02. The molecule has 0 spiro atoms. The van der Waals surface area contributed by atoms with Crippen molar-refractivity contribution in [3.05, 3.63) is 59.2 Å². The van der Waals surface area contributed by atoms with Crippen LogP contribution in [0.3, 0.4) is 0 Å². The Hall–Kier alpha value is -2.31. The van der Waals surface area contributed by atoms with Gasteiger partial charge in [0.2, 0.25) is 0 Å². The molecule has 1 aromatic carbocycles. The number of rotatable bonds is 5. The highest BCUT2D eigenvalue weighted by Crippen LogP contribution is 2.40. The number of carbonyl (C=O) groups excluding carboxylic acids is 1. The lowest BCUT2D eigenvalue weighted by atomic mass is 9.70. The lowest BCUT2D eigenvalue weighted by molar-refractivity contribution is -0.0362. The minimum Gasteiger partial charge on any atom is -0.388 e.